The fraction of sp³-hybridized carbons (Fsp3) is 0.412. The smallest absolute Gasteiger partial charge is 0.326 e. The number of fused-ring (bicyclic) bond motifs is 2. The van der Waals surface area contributed by atoms with Crippen molar-refractivity contribution in [3.63, 3.8) is 0 Å². The highest BCUT2D eigenvalue weighted by Crippen LogP contribution is 2.21. The molecule has 8 N–H and O–H groups in total. The van der Waals surface area contributed by atoms with Gasteiger partial charge in [0.1, 0.15) is 18.1 Å². The van der Waals surface area contributed by atoms with Crippen molar-refractivity contribution in [2.75, 3.05) is 0 Å². The summed E-state index contributed by atoms with van der Waals surface area (Å²) in [6, 6.07) is 11.2. The minimum atomic E-state index is -1.15. The first-order chi connectivity index (χ1) is 21.5. The molecule has 11 nitrogen and oxygen atoms in total. The van der Waals surface area contributed by atoms with Gasteiger partial charge in [-0.2, -0.15) is 0 Å². The number of para-hydroxylation sites is 2. The van der Waals surface area contributed by atoms with Gasteiger partial charge in [0.25, 0.3) is 0 Å². The van der Waals surface area contributed by atoms with Crippen LogP contribution >= 0.6 is 0 Å². The number of carbonyl (C=O) groups excluding carboxylic acids is 3. The number of hydrogen-bond donors (Lipinski definition) is 7. The van der Waals surface area contributed by atoms with Crippen LogP contribution in [0.3, 0.4) is 0 Å². The predicted molar refractivity (Wildman–Crippen MR) is 174 cm³/mol. The number of carboxylic acids is 1. The Balaban J connectivity index is 1.54. The van der Waals surface area contributed by atoms with Crippen LogP contribution in [-0.2, 0) is 32.0 Å². The van der Waals surface area contributed by atoms with Crippen LogP contribution < -0.4 is 21.7 Å². The van der Waals surface area contributed by atoms with Crippen LogP contribution in [0.5, 0.6) is 0 Å². The van der Waals surface area contributed by atoms with E-state index in [1.807, 2.05) is 75.5 Å². The normalized spacial score (nSPS) is 15.5. The molecule has 6 unspecified atom stereocenters. The molecule has 0 bridgehead atoms. The van der Waals surface area contributed by atoms with Gasteiger partial charge in [-0.25, -0.2) is 4.79 Å². The highest BCUT2D eigenvalue weighted by atomic mass is 16.4. The van der Waals surface area contributed by atoms with Gasteiger partial charge in [0, 0.05) is 40.6 Å². The molecule has 0 saturated heterocycles. The molecule has 0 spiro atoms. The van der Waals surface area contributed by atoms with Gasteiger partial charge in [0.05, 0.1) is 6.04 Å². The van der Waals surface area contributed by atoms with Crippen LogP contribution in [0, 0.1) is 11.8 Å². The molecule has 11 heteroatoms. The summed E-state index contributed by atoms with van der Waals surface area (Å²) in [6.45, 7) is 7.34. The van der Waals surface area contributed by atoms with E-state index in [0.717, 1.165) is 32.9 Å². The second kappa shape index (κ2) is 14.9. The van der Waals surface area contributed by atoms with Crippen LogP contribution in [0.1, 0.15) is 51.7 Å². The van der Waals surface area contributed by atoms with E-state index in [1.165, 1.54) is 0 Å². The molecule has 6 atom stereocenters. The second-order valence-corrected chi connectivity index (χ2v) is 11.9. The molecular weight excluding hydrogens is 572 g/mol. The summed E-state index contributed by atoms with van der Waals surface area (Å²) in [6.07, 6.45) is 5.09. The number of benzene rings is 2. The molecule has 240 valence electrons. The second-order valence-electron chi connectivity index (χ2n) is 11.9. The van der Waals surface area contributed by atoms with E-state index in [1.54, 1.807) is 13.1 Å². The summed E-state index contributed by atoms with van der Waals surface area (Å²) in [7, 11) is 0. The number of carboxylic acid groups (broad SMARTS) is 1. The van der Waals surface area contributed by atoms with Crippen molar-refractivity contribution in [3.05, 3.63) is 72.1 Å². The lowest BCUT2D eigenvalue weighted by atomic mass is 9.95. The van der Waals surface area contributed by atoms with Crippen molar-refractivity contribution in [2.24, 2.45) is 17.6 Å². The van der Waals surface area contributed by atoms with E-state index in [0.29, 0.717) is 12.8 Å². The van der Waals surface area contributed by atoms with Crippen molar-refractivity contribution in [3.8, 4) is 0 Å². The summed E-state index contributed by atoms with van der Waals surface area (Å²) in [5, 5.41) is 20.0. The standard InChI is InChI=1S/C34H44N6O5/c1-5-19(3)29(39-31(41)25(35)15-21-17-36-26-13-9-7-11-23(21)26)33(43)38-28(32(42)40-30(34(44)45)20(4)6-2)16-22-18-37-27-14-10-8-12-24(22)27/h7-14,17-20,25,28-30,36-37H,5-6,15-16,35H2,1-4H3,(H,38,43)(H,39,41)(H,40,42)(H,44,45). The Bertz CT molecular complexity index is 1640. The molecule has 0 fully saturated rings. The molecule has 2 aromatic carbocycles. The SMILES string of the molecule is CCC(C)C(NC(=O)C(Cc1c[nH]c2ccccc12)NC(=O)C(NC(=O)C(N)Cc1c[nH]c2ccccc12)C(C)CC)C(=O)O. The van der Waals surface area contributed by atoms with Gasteiger partial charge < -0.3 is 36.8 Å². The minimum absolute atomic E-state index is 0.107. The number of aliphatic carboxylic acids is 1. The Morgan fingerprint density at radius 3 is 1.73 bits per heavy atom. The first-order valence-corrected chi connectivity index (χ1v) is 15.5. The average molecular weight is 617 g/mol. The number of rotatable bonds is 15. The third-order valence-corrected chi connectivity index (χ3v) is 8.75. The minimum Gasteiger partial charge on any atom is -0.480 e. The third kappa shape index (κ3) is 7.91. The van der Waals surface area contributed by atoms with Gasteiger partial charge in [-0.3, -0.25) is 14.4 Å². The number of amides is 3. The van der Waals surface area contributed by atoms with Crippen LogP contribution in [-0.4, -0.2) is 62.9 Å². The highest BCUT2D eigenvalue weighted by molar-refractivity contribution is 5.95. The van der Waals surface area contributed by atoms with Crippen molar-refractivity contribution in [1.29, 1.82) is 0 Å². The van der Waals surface area contributed by atoms with Crippen LogP contribution in [0.4, 0.5) is 0 Å². The van der Waals surface area contributed by atoms with E-state index in [-0.39, 0.29) is 24.7 Å². The van der Waals surface area contributed by atoms with Gasteiger partial charge >= 0.3 is 5.97 Å². The summed E-state index contributed by atoms with van der Waals surface area (Å²) in [4.78, 5) is 59.2. The van der Waals surface area contributed by atoms with Gasteiger partial charge in [0.2, 0.25) is 17.7 Å². The largest absolute Gasteiger partial charge is 0.480 e. The summed E-state index contributed by atoms with van der Waals surface area (Å²) < 4.78 is 0. The first-order valence-electron chi connectivity index (χ1n) is 15.5. The lowest BCUT2D eigenvalue weighted by Crippen LogP contribution is -2.59. The Kier molecular flexibility index (Phi) is 11.0. The monoisotopic (exact) mass is 616 g/mol. The summed E-state index contributed by atoms with van der Waals surface area (Å²) >= 11 is 0. The molecule has 4 rings (SSSR count). The fourth-order valence-corrected chi connectivity index (χ4v) is 5.52. The highest BCUT2D eigenvalue weighted by Gasteiger charge is 2.34. The Morgan fingerprint density at radius 1 is 0.711 bits per heavy atom. The molecule has 2 heterocycles. The average Bonchev–Trinajstić information content (AvgIpc) is 3.64. The Labute approximate surface area is 262 Å². The maximum Gasteiger partial charge on any atom is 0.326 e. The van der Waals surface area contributed by atoms with Crippen molar-refractivity contribution < 1.29 is 24.3 Å². The van der Waals surface area contributed by atoms with Gasteiger partial charge in [-0.1, -0.05) is 76.9 Å². The lowest BCUT2D eigenvalue weighted by Gasteiger charge is -2.28. The van der Waals surface area contributed by atoms with Crippen LogP contribution in [0.2, 0.25) is 0 Å². The molecule has 0 aliphatic rings. The number of aromatic nitrogens is 2. The zero-order valence-corrected chi connectivity index (χ0v) is 26.2. The van der Waals surface area contributed by atoms with Gasteiger partial charge in [-0.15, -0.1) is 0 Å². The molecule has 0 saturated carbocycles. The Hall–Kier alpha value is -4.64. The van der Waals surface area contributed by atoms with Crippen molar-refractivity contribution >= 4 is 45.5 Å². The van der Waals surface area contributed by atoms with E-state index < -0.39 is 47.9 Å². The number of nitrogens with one attached hydrogen (secondary N) is 5. The molecule has 2 aromatic heterocycles. The first kappa shape index (κ1) is 33.3. The maximum absolute atomic E-state index is 13.8. The molecule has 4 aromatic rings. The van der Waals surface area contributed by atoms with E-state index in [2.05, 4.69) is 25.9 Å². The predicted octanol–water partition coefficient (Wildman–Crippen LogP) is 3.39. The van der Waals surface area contributed by atoms with E-state index in [4.69, 9.17) is 5.73 Å². The van der Waals surface area contributed by atoms with E-state index in [9.17, 15) is 24.3 Å². The molecular formula is C34H44N6O5. The maximum atomic E-state index is 13.8. The molecule has 0 radical (unpaired) electrons. The zero-order valence-electron chi connectivity index (χ0n) is 26.2. The lowest BCUT2D eigenvalue weighted by molar-refractivity contribution is -0.143. The number of H-pyrrole nitrogens is 2. The van der Waals surface area contributed by atoms with E-state index >= 15 is 0 Å². The summed E-state index contributed by atoms with van der Waals surface area (Å²) in [5.74, 6) is -3.41. The van der Waals surface area contributed by atoms with Gasteiger partial charge in [0.15, 0.2) is 0 Å². The molecule has 0 aliphatic heterocycles. The fourth-order valence-electron chi connectivity index (χ4n) is 5.52. The van der Waals surface area contributed by atoms with Crippen LogP contribution in [0.25, 0.3) is 21.8 Å². The molecule has 3 amide bonds. The topological polar surface area (TPSA) is 182 Å². The molecule has 45 heavy (non-hydrogen) atoms. The van der Waals surface area contributed by atoms with Crippen molar-refractivity contribution in [1.82, 2.24) is 25.9 Å². The van der Waals surface area contributed by atoms with Crippen LogP contribution in [0.15, 0.2) is 60.9 Å². The zero-order chi connectivity index (χ0) is 32.7. The Morgan fingerprint density at radius 2 is 1.20 bits per heavy atom. The van der Waals surface area contributed by atoms with Gasteiger partial charge in [-0.05, 0) is 41.5 Å². The quantitative estimate of drug-likeness (QED) is 0.107. The van der Waals surface area contributed by atoms with Crippen molar-refractivity contribution in [2.45, 2.75) is 77.5 Å². The number of hydrogen-bond acceptors (Lipinski definition) is 5. The number of aromatic amines is 2. The number of carbonyl (C=O) groups is 4. The number of nitrogens with two attached hydrogens (primary N) is 1. The third-order valence-electron chi connectivity index (χ3n) is 8.75. The molecule has 0 aliphatic carbocycles. The summed E-state index contributed by atoms with van der Waals surface area (Å²) in [5.41, 5.74) is 9.81.